The highest BCUT2D eigenvalue weighted by atomic mass is 35.5. The lowest BCUT2D eigenvalue weighted by Crippen LogP contribution is -2.50. The molecule has 1 aliphatic heterocycles. The number of aromatic nitrogens is 1. The third-order valence-electron chi connectivity index (χ3n) is 4.31. The van der Waals surface area contributed by atoms with Crippen molar-refractivity contribution in [2.45, 2.75) is 46.1 Å². The summed E-state index contributed by atoms with van der Waals surface area (Å²) in [6, 6.07) is 3.22. The summed E-state index contributed by atoms with van der Waals surface area (Å²) in [4.78, 5) is 30.8. The smallest absolute Gasteiger partial charge is 0.239 e. The Morgan fingerprint density at radius 2 is 2.04 bits per heavy atom. The predicted octanol–water partition coefficient (Wildman–Crippen LogP) is 2.78. The molecule has 2 heterocycles. The summed E-state index contributed by atoms with van der Waals surface area (Å²) < 4.78 is 0. The van der Waals surface area contributed by atoms with Gasteiger partial charge in [-0.15, -0.1) is 24.8 Å². The van der Waals surface area contributed by atoms with Crippen LogP contribution < -0.4 is 11.1 Å². The average Bonchev–Trinajstić information content (AvgIpc) is 2.55. The maximum atomic E-state index is 12.5. The molecule has 3 N–H and O–H groups in total. The average molecular weight is 405 g/mol. The molecule has 1 aromatic rings. The number of amides is 2. The SMILES string of the molecule is Cc1ccc(NC(=O)C2CCCN(C(=O)[C@@H](N)CC(C)C)C2)nc1.Cl.Cl. The number of carbonyl (C=O) groups excluding carboxylic acids is 2. The minimum Gasteiger partial charge on any atom is -0.341 e. The van der Waals surface area contributed by atoms with Crippen LogP contribution in [0.15, 0.2) is 18.3 Å². The van der Waals surface area contributed by atoms with Gasteiger partial charge < -0.3 is 16.0 Å². The van der Waals surface area contributed by atoms with Gasteiger partial charge in [0.15, 0.2) is 0 Å². The first-order chi connectivity index (χ1) is 11.4. The monoisotopic (exact) mass is 404 g/mol. The van der Waals surface area contributed by atoms with Gasteiger partial charge in [-0.05, 0) is 43.7 Å². The molecule has 0 aromatic carbocycles. The van der Waals surface area contributed by atoms with Crippen molar-refractivity contribution in [3.8, 4) is 0 Å². The number of nitrogens with two attached hydrogens (primary N) is 1. The first kappa shape index (κ1) is 24.6. The lowest BCUT2D eigenvalue weighted by atomic mass is 9.95. The lowest BCUT2D eigenvalue weighted by Gasteiger charge is -2.33. The second-order valence-electron chi connectivity index (χ2n) is 7.07. The minimum atomic E-state index is -0.481. The Kier molecular flexibility index (Phi) is 10.8. The van der Waals surface area contributed by atoms with Crippen molar-refractivity contribution >= 4 is 42.4 Å². The van der Waals surface area contributed by atoms with Gasteiger partial charge in [-0.2, -0.15) is 0 Å². The number of carbonyl (C=O) groups is 2. The van der Waals surface area contributed by atoms with Crippen LogP contribution in [0.5, 0.6) is 0 Å². The highest BCUT2D eigenvalue weighted by Gasteiger charge is 2.30. The Hall–Kier alpha value is -1.37. The molecule has 0 aliphatic carbocycles. The van der Waals surface area contributed by atoms with Gasteiger partial charge in [-0.1, -0.05) is 19.9 Å². The zero-order valence-corrected chi connectivity index (χ0v) is 17.2. The second kappa shape index (κ2) is 11.4. The van der Waals surface area contributed by atoms with Crippen molar-refractivity contribution in [1.82, 2.24) is 9.88 Å². The van der Waals surface area contributed by atoms with Crippen LogP contribution in [0.2, 0.25) is 0 Å². The van der Waals surface area contributed by atoms with E-state index in [1.54, 1.807) is 17.2 Å². The normalized spacial score (nSPS) is 17.7. The van der Waals surface area contributed by atoms with Crippen molar-refractivity contribution < 1.29 is 9.59 Å². The fourth-order valence-corrected chi connectivity index (χ4v) is 3.00. The quantitative estimate of drug-likeness (QED) is 0.789. The van der Waals surface area contributed by atoms with Gasteiger partial charge in [0.05, 0.1) is 12.0 Å². The van der Waals surface area contributed by atoms with E-state index in [1.165, 1.54) is 0 Å². The summed E-state index contributed by atoms with van der Waals surface area (Å²) >= 11 is 0. The summed E-state index contributed by atoms with van der Waals surface area (Å²) in [6.07, 6.45) is 3.98. The van der Waals surface area contributed by atoms with Crippen LogP contribution in [0, 0.1) is 18.8 Å². The van der Waals surface area contributed by atoms with Crippen LogP contribution in [0.3, 0.4) is 0 Å². The molecule has 6 nitrogen and oxygen atoms in total. The Morgan fingerprint density at radius 3 is 2.62 bits per heavy atom. The van der Waals surface area contributed by atoms with E-state index in [-0.39, 0.29) is 42.5 Å². The zero-order chi connectivity index (χ0) is 17.7. The summed E-state index contributed by atoms with van der Waals surface area (Å²) in [6.45, 7) is 7.16. The first-order valence-electron chi connectivity index (χ1n) is 8.64. The minimum absolute atomic E-state index is 0. The number of aryl methyl sites for hydroxylation is 1. The van der Waals surface area contributed by atoms with Crippen LogP contribution in [0.4, 0.5) is 5.82 Å². The molecule has 0 saturated carbocycles. The number of halogens is 2. The van der Waals surface area contributed by atoms with E-state index in [0.717, 1.165) is 18.4 Å². The number of nitrogens with zero attached hydrogens (tertiary/aromatic N) is 2. The van der Waals surface area contributed by atoms with Crippen LogP contribution in [0.25, 0.3) is 0 Å². The van der Waals surface area contributed by atoms with Crippen molar-refractivity contribution in [1.29, 1.82) is 0 Å². The molecule has 0 spiro atoms. The van der Waals surface area contributed by atoms with Gasteiger partial charge in [0.2, 0.25) is 11.8 Å². The van der Waals surface area contributed by atoms with Crippen molar-refractivity contribution in [3.05, 3.63) is 23.9 Å². The third-order valence-corrected chi connectivity index (χ3v) is 4.31. The molecule has 1 unspecified atom stereocenters. The van der Waals surface area contributed by atoms with E-state index in [0.29, 0.717) is 31.2 Å². The molecule has 1 saturated heterocycles. The molecule has 2 amide bonds. The molecule has 1 aliphatic rings. The molecular formula is C18H30Cl2N4O2. The Labute approximate surface area is 168 Å². The number of pyridine rings is 1. The standard InChI is InChI=1S/C18H28N4O2.2ClH/c1-12(2)9-15(19)18(24)22-8-4-5-14(11-22)17(23)21-16-7-6-13(3)10-20-16;;/h6-7,10,12,14-15H,4-5,8-9,11,19H2,1-3H3,(H,20,21,23);2*1H/t14?,15-;;/m0../s1. The number of nitrogens with one attached hydrogen (secondary N) is 1. The number of piperidine rings is 1. The fourth-order valence-electron chi connectivity index (χ4n) is 3.00. The van der Waals surface area contributed by atoms with Crippen LogP contribution >= 0.6 is 24.8 Å². The summed E-state index contributed by atoms with van der Waals surface area (Å²) in [7, 11) is 0. The van der Waals surface area contributed by atoms with Gasteiger partial charge >= 0.3 is 0 Å². The largest absolute Gasteiger partial charge is 0.341 e. The molecule has 2 atom stereocenters. The van der Waals surface area contributed by atoms with E-state index >= 15 is 0 Å². The highest BCUT2D eigenvalue weighted by Crippen LogP contribution is 2.20. The van der Waals surface area contributed by atoms with Crippen LogP contribution in [-0.2, 0) is 9.59 Å². The summed E-state index contributed by atoms with van der Waals surface area (Å²) in [5.74, 6) is 0.582. The number of rotatable bonds is 5. The maximum Gasteiger partial charge on any atom is 0.239 e. The van der Waals surface area contributed by atoms with Crippen molar-refractivity contribution in [2.75, 3.05) is 18.4 Å². The molecule has 8 heteroatoms. The van der Waals surface area contributed by atoms with Gasteiger partial charge in [0, 0.05) is 19.3 Å². The Bertz CT molecular complexity index is 581. The zero-order valence-electron chi connectivity index (χ0n) is 15.6. The second-order valence-corrected chi connectivity index (χ2v) is 7.07. The fraction of sp³-hybridized carbons (Fsp3) is 0.611. The van der Waals surface area contributed by atoms with Gasteiger partial charge in [-0.25, -0.2) is 4.98 Å². The maximum absolute atomic E-state index is 12.5. The molecule has 1 aromatic heterocycles. The highest BCUT2D eigenvalue weighted by molar-refractivity contribution is 5.92. The molecular weight excluding hydrogens is 375 g/mol. The molecule has 1 fully saturated rings. The van der Waals surface area contributed by atoms with E-state index in [1.807, 2.05) is 26.8 Å². The molecule has 0 bridgehead atoms. The van der Waals surface area contributed by atoms with Crippen LogP contribution in [0.1, 0.15) is 38.7 Å². The number of likely N-dealkylation sites (tertiary alicyclic amines) is 1. The lowest BCUT2D eigenvalue weighted by molar-refractivity contribution is -0.136. The first-order valence-corrected chi connectivity index (χ1v) is 8.64. The molecule has 2 rings (SSSR count). The van der Waals surface area contributed by atoms with E-state index in [4.69, 9.17) is 5.73 Å². The Morgan fingerprint density at radius 1 is 1.35 bits per heavy atom. The third kappa shape index (κ3) is 7.09. The molecule has 148 valence electrons. The van der Waals surface area contributed by atoms with E-state index in [2.05, 4.69) is 10.3 Å². The van der Waals surface area contributed by atoms with E-state index < -0.39 is 6.04 Å². The van der Waals surface area contributed by atoms with Gasteiger partial charge in [-0.3, -0.25) is 9.59 Å². The van der Waals surface area contributed by atoms with Gasteiger partial charge in [0.25, 0.3) is 0 Å². The van der Waals surface area contributed by atoms with Crippen LogP contribution in [-0.4, -0.2) is 40.8 Å². The van der Waals surface area contributed by atoms with Crippen molar-refractivity contribution in [3.63, 3.8) is 0 Å². The van der Waals surface area contributed by atoms with Crippen molar-refractivity contribution in [2.24, 2.45) is 17.6 Å². The number of hydrogen-bond donors (Lipinski definition) is 2. The topological polar surface area (TPSA) is 88.3 Å². The molecule has 0 radical (unpaired) electrons. The molecule has 26 heavy (non-hydrogen) atoms. The van der Waals surface area contributed by atoms with E-state index in [9.17, 15) is 9.59 Å². The predicted molar refractivity (Wildman–Crippen MR) is 109 cm³/mol. The number of hydrogen-bond acceptors (Lipinski definition) is 4. The van der Waals surface area contributed by atoms with Gasteiger partial charge in [0.1, 0.15) is 5.82 Å². The summed E-state index contributed by atoms with van der Waals surface area (Å²) in [5, 5.41) is 2.84. The summed E-state index contributed by atoms with van der Waals surface area (Å²) in [5.41, 5.74) is 7.05. The number of anilines is 1. The Balaban J connectivity index is 0.00000312.